The maximum Gasteiger partial charge on any atom is 0.211 e. The zero-order valence-corrected chi connectivity index (χ0v) is 20.7. The summed E-state index contributed by atoms with van der Waals surface area (Å²) < 4.78 is 27.0. The summed E-state index contributed by atoms with van der Waals surface area (Å²) in [6.07, 6.45) is 5.07. The van der Waals surface area contributed by atoms with Gasteiger partial charge in [-0.2, -0.15) is 0 Å². The molecule has 0 bridgehead atoms. The van der Waals surface area contributed by atoms with Crippen molar-refractivity contribution in [3.63, 3.8) is 0 Å². The molecule has 7 nitrogen and oxygen atoms in total. The molecule has 0 radical (unpaired) electrons. The van der Waals surface area contributed by atoms with Crippen LogP contribution in [-0.2, 0) is 16.6 Å². The van der Waals surface area contributed by atoms with Gasteiger partial charge in [-0.15, -0.1) is 24.0 Å². The molecule has 9 heteroatoms. The Labute approximate surface area is 192 Å². The molecule has 0 unspecified atom stereocenters. The molecule has 1 aromatic heterocycles. The molecule has 0 aliphatic heterocycles. The fourth-order valence-electron chi connectivity index (χ4n) is 3.13. The smallest absolute Gasteiger partial charge is 0.211 e. The van der Waals surface area contributed by atoms with E-state index in [0.717, 1.165) is 38.4 Å². The van der Waals surface area contributed by atoms with E-state index in [2.05, 4.69) is 56.7 Å². The topological polar surface area (TPSA) is 78.7 Å². The molecule has 0 atom stereocenters. The Kier molecular flexibility index (Phi) is 11.6. The summed E-state index contributed by atoms with van der Waals surface area (Å²) >= 11 is 0. The first-order valence-electron chi connectivity index (χ1n) is 9.97. The monoisotopic (exact) mass is 535 g/mol. The average Bonchev–Trinajstić information content (AvgIpc) is 3.07. The van der Waals surface area contributed by atoms with E-state index in [1.54, 1.807) is 0 Å². The molecule has 1 heterocycles. The largest absolute Gasteiger partial charge is 0.357 e. The molecule has 0 aliphatic carbocycles. The summed E-state index contributed by atoms with van der Waals surface area (Å²) in [5, 5.41) is 7.78. The zero-order valence-electron chi connectivity index (χ0n) is 17.6. The molecule has 2 aromatic rings. The van der Waals surface area contributed by atoms with Gasteiger partial charge in [0.25, 0.3) is 0 Å². The highest BCUT2D eigenvalue weighted by molar-refractivity contribution is 14.0. The molecule has 2 N–H and O–H groups in total. The Morgan fingerprint density at radius 3 is 2.59 bits per heavy atom. The first kappa shape index (κ1) is 25.7. The van der Waals surface area contributed by atoms with Crippen molar-refractivity contribution in [1.29, 1.82) is 0 Å². The number of aromatic nitrogens is 1. The lowest BCUT2D eigenvalue weighted by Crippen LogP contribution is -2.39. The van der Waals surface area contributed by atoms with Gasteiger partial charge in [-0.3, -0.25) is 4.99 Å². The Balaban J connectivity index is 0.00000420. The molecule has 0 spiro atoms. The van der Waals surface area contributed by atoms with Crippen LogP contribution >= 0.6 is 24.0 Å². The summed E-state index contributed by atoms with van der Waals surface area (Å²) in [6, 6.07) is 10.5. The highest BCUT2D eigenvalue weighted by Gasteiger charge is 2.13. The number of hydrogen-bond acceptors (Lipinski definition) is 3. The molecule has 29 heavy (non-hydrogen) atoms. The Bertz CT molecular complexity index is 867. The van der Waals surface area contributed by atoms with Gasteiger partial charge in [-0.05, 0) is 37.3 Å². The first-order valence-corrected chi connectivity index (χ1v) is 11.8. The van der Waals surface area contributed by atoms with E-state index >= 15 is 0 Å². The maximum absolute atomic E-state index is 11.6. The van der Waals surface area contributed by atoms with Crippen molar-refractivity contribution in [3.8, 4) is 0 Å². The molecule has 0 fully saturated rings. The number of sulfonamides is 1. The van der Waals surface area contributed by atoms with E-state index in [9.17, 15) is 8.42 Å². The maximum atomic E-state index is 11.6. The van der Waals surface area contributed by atoms with Gasteiger partial charge in [-0.25, -0.2) is 12.7 Å². The molecule has 0 amide bonds. The minimum atomic E-state index is -3.12. The number of para-hydroxylation sites is 1. The van der Waals surface area contributed by atoms with E-state index < -0.39 is 10.0 Å². The van der Waals surface area contributed by atoms with Gasteiger partial charge in [0.05, 0.1) is 6.26 Å². The molecule has 2 rings (SSSR count). The Morgan fingerprint density at radius 1 is 1.14 bits per heavy atom. The summed E-state index contributed by atoms with van der Waals surface area (Å²) in [7, 11) is -3.12. The van der Waals surface area contributed by atoms with Gasteiger partial charge in [0.2, 0.25) is 10.0 Å². The number of benzene rings is 1. The van der Waals surface area contributed by atoms with Gasteiger partial charge in [0.1, 0.15) is 0 Å². The van der Waals surface area contributed by atoms with Crippen LogP contribution in [0.3, 0.4) is 0 Å². The number of nitrogens with one attached hydrogen (secondary N) is 2. The zero-order chi connectivity index (χ0) is 20.4. The van der Waals surface area contributed by atoms with Crippen molar-refractivity contribution in [3.05, 3.63) is 36.5 Å². The summed E-state index contributed by atoms with van der Waals surface area (Å²) in [5.41, 5.74) is 1.25. The van der Waals surface area contributed by atoms with Crippen molar-refractivity contribution < 1.29 is 8.42 Å². The van der Waals surface area contributed by atoms with Gasteiger partial charge in [0, 0.05) is 51.0 Å². The molecule has 164 valence electrons. The lowest BCUT2D eigenvalue weighted by molar-refractivity contribution is 0.424. The van der Waals surface area contributed by atoms with Crippen molar-refractivity contribution in [2.75, 3.05) is 39.0 Å². The van der Waals surface area contributed by atoms with Gasteiger partial charge in [0.15, 0.2) is 5.96 Å². The van der Waals surface area contributed by atoms with Crippen LogP contribution < -0.4 is 10.6 Å². The number of hydrogen-bond donors (Lipinski definition) is 2. The van der Waals surface area contributed by atoms with Gasteiger partial charge in [-0.1, -0.05) is 25.1 Å². The number of aryl methyl sites for hydroxylation is 1. The third-order valence-corrected chi connectivity index (χ3v) is 5.93. The minimum Gasteiger partial charge on any atom is -0.357 e. The van der Waals surface area contributed by atoms with Crippen molar-refractivity contribution >= 4 is 50.9 Å². The number of aliphatic imine (C=N–C) groups is 1. The predicted molar refractivity (Wildman–Crippen MR) is 133 cm³/mol. The fourth-order valence-corrected chi connectivity index (χ4v) is 4.06. The van der Waals surface area contributed by atoms with Crippen LogP contribution in [0, 0.1) is 0 Å². The highest BCUT2D eigenvalue weighted by atomic mass is 127. The van der Waals surface area contributed by atoms with Crippen LogP contribution in [0.2, 0.25) is 0 Å². The van der Waals surface area contributed by atoms with Crippen LogP contribution in [0.5, 0.6) is 0 Å². The van der Waals surface area contributed by atoms with Crippen LogP contribution in [0.25, 0.3) is 10.9 Å². The normalized spacial score (nSPS) is 12.2. The summed E-state index contributed by atoms with van der Waals surface area (Å²) in [4.78, 5) is 4.63. The quantitative estimate of drug-likeness (QED) is 0.201. The van der Waals surface area contributed by atoms with E-state index in [0.29, 0.717) is 19.6 Å². The van der Waals surface area contributed by atoms with Crippen molar-refractivity contribution in [2.45, 2.75) is 33.2 Å². The standard InChI is InChI=1S/C20H33N5O2S.HI/c1-4-21-20(23-14-9-16-25(5-2)28(3,26)27)22-13-8-15-24-17-12-18-10-6-7-11-19(18)24;/h6-7,10-12,17H,4-5,8-9,13-16H2,1-3H3,(H2,21,22,23);1H. The highest BCUT2D eigenvalue weighted by Crippen LogP contribution is 2.15. The van der Waals surface area contributed by atoms with Crippen molar-refractivity contribution in [2.24, 2.45) is 4.99 Å². The van der Waals surface area contributed by atoms with E-state index in [1.165, 1.54) is 21.5 Å². The second-order valence-corrected chi connectivity index (χ2v) is 8.70. The minimum absolute atomic E-state index is 0. The number of rotatable bonds is 11. The first-order chi connectivity index (χ1) is 13.5. The van der Waals surface area contributed by atoms with Gasteiger partial charge < -0.3 is 15.2 Å². The van der Waals surface area contributed by atoms with E-state index in [-0.39, 0.29) is 24.0 Å². The predicted octanol–water partition coefficient (Wildman–Crippen LogP) is 2.88. The molecular weight excluding hydrogens is 501 g/mol. The molecule has 0 aliphatic rings. The van der Waals surface area contributed by atoms with Gasteiger partial charge >= 0.3 is 0 Å². The second kappa shape index (κ2) is 13.1. The molecule has 0 saturated carbocycles. The van der Waals surface area contributed by atoms with E-state index in [1.807, 2.05) is 13.8 Å². The van der Waals surface area contributed by atoms with Crippen LogP contribution in [0.15, 0.2) is 41.5 Å². The lowest BCUT2D eigenvalue weighted by atomic mass is 10.2. The number of halogens is 1. The number of guanidine groups is 1. The van der Waals surface area contributed by atoms with Crippen LogP contribution in [0.4, 0.5) is 0 Å². The molecule has 0 saturated heterocycles. The summed E-state index contributed by atoms with van der Waals surface area (Å²) in [5.74, 6) is 0.780. The molecule has 1 aromatic carbocycles. The second-order valence-electron chi connectivity index (χ2n) is 6.72. The SMILES string of the molecule is CCNC(=NCCCn1ccc2ccccc21)NCCCN(CC)S(C)(=O)=O.I. The van der Waals surface area contributed by atoms with Crippen molar-refractivity contribution in [1.82, 2.24) is 19.5 Å². The fraction of sp³-hybridized carbons (Fsp3) is 0.550. The lowest BCUT2D eigenvalue weighted by Gasteiger charge is -2.18. The third kappa shape index (κ3) is 8.51. The third-order valence-electron chi connectivity index (χ3n) is 4.55. The Hall–Kier alpha value is -1.33. The number of nitrogens with zero attached hydrogens (tertiary/aromatic N) is 3. The van der Waals surface area contributed by atoms with Crippen LogP contribution in [0.1, 0.15) is 26.7 Å². The molecular formula is C20H34IN5O2S. The van der Waals surface area contributed by atoms with E-state index in [4.69, 9.17) is 0 Å². The number of fused-ring (bicyclic) bond motifs is 1. The summed E-state index contributed by atoms with van der Waals surface area (Å²) in [6.45, 7) is 8.03. The average molecular weight is 535 g/mol. The van der Waals surface area contributed by atoms with Crippen LogP contribution in [-0.4, -0.2) is 62.2 Å². The Morgan fingerprint density at radius 2 is 1.90 bits per heavy atom.